The van der Waals surface area contributed by atoms with Crippen LogP contribution in [0.4, 0.5) is 65.9 Å². The molecule has 10 aromatic carbocycles. The molecule has 20 rings (SSSR count). The number of Topliss-reactive ketones (excluding diaryl/α,β-unsaturated/α-hetero) is 2. The second-order valence-corrected chi connectivity index (χ2v) is 36.8. The Bertz CT molecular complexity index is 7510. The molecule has 0 saturated heterocycles. The summed E-state index contributed by atoms with van der Waals surface area (Å²) in [6.07, 6.45) is -7.72. The molecule has 5 heterocycles. The summed E-state index contributed by atoms with van der Waals surface area (Å²) in [7, 11) is 1.69. The molecule has 1 amide bonds. The van der Waals surface area contributed by atoms with Gasteiger partial charge in [0.2, 0.25) is 33.9 Å². The maximum Gasteiger partial charge on any atom is 0.425 e. The van der Waals surface area contributed by atoms with E-state index in [2.05, 4.69) is 30.4 Å². The normalized spacial score (nSPS) is 17.9. The molecule has 5 aromatic heterocycles. The minimum Gasteiger partial charge on any atom is -0.494 e. The van der Waals surface area contributed by atoms with E-state index in [0.717, 1.165) is 6.07 Å². The first-order valence-electron chi connectivity index (χ1n) is 46.2. The number of nitrogens with zero attached hydrogens (tertiary/aromatic N) is 10. The Kier molecular flexibility index (Phi) is 28.9. The summed E-state index contributed by atoms with van der Waals surface area (Å²) >= 11 is 0. The van der Waals surface area contributed by atoms with E-state index in [1.54, 1.807) is 105 Å². The van der Waals surface area contributed by atoms with Gasteiger partial charge in [0.05, 0.1) is 71.0 Å². The molecular formula is C108H94F15N11O16. The fraction of sp³-hybridized carbons (Fsp3) is 0.269. The second kappa shape index (κ2) is 40.2. The summed E-state index contributed by atoms with van der Waals surface area (Å²) in [5.41, 5.74) is -8.54. The Morgan fingerprint density at radius 2 is 0.680 bits per heavy atom. The van der Waals surface area contributed by atoms with Crippen LogP contribution >= 0.6 is 0 Å². The summed E-state index contributed by atoms with van der Waals surface area (Å²) in [5, 5.41) is 129. The maximum atomic E-state index is 14.2. The average molecular weight is 2090 g/mol. The average Bonchev–Trinajstić information content (AvgIpc) is 1.56. The van der Waals surface area contributed by atoms with E-state index in [4.69, 9.17) is 15.2 Å². The van der Waals surface area contributed by atoms with Crippen LogP contribution in [-0.2, 0) is 62.3 Å². The molecule has 782 valence electrons. The summed E-state index contributed by atoms with van der Waals surface area (Å²) in [4.78, 5) is 42.5. The summed E-state index contributed by atoms with van der Waals surface area (Å²) in [5.74, 6) is -0.920. The van der Waals surface area contributed by atoms with E-state index < -0.39 is 121 Å². The fourth-order valence-corrected chi connectivity index (χ4v) is 19.7. The fourth-order valence-electron chi connectivity index (χ4n) is 19.7. The van der Waals surface area contributed by atoms with Crippen molar-refractivity contribution in [3.05, 3.63) is 323 Å². The Morgan fingerprint density at radius 1 is 0.353 bits per heavy atom. The molecule has 0 radical (unpaired) electrons. The van der Waals surface area contributed by atoms with Crippen molar-refractivity contribution in [3.8, 4) is 123 Å². The molecule has 5 unspecified atom stereocenters. The highest BCUT2D eigenvalue weighted by molar-refractivity contribution is 6.05. The Labute approximate surface area is 843 Å². The largest absolute Gasteiger partial charge is 0.494 e. The molecule has 0 spiro atoms. The van der Waals surface area contributed by atoms with Gasteiger partial charge in [-0.15, -0.1) is 0 Å². The Balaban J connectivity index is 0.000000134. The second-order valence-electron chi connectivity index (χ2n) is 36.8. The number of primary amides is 1. The Morgan fingerprint density at radius 3 is 1.01 bits per heavy atom. The lowest BCUT2D eigenvalue weighted by Crippen LogP contribution is -2.45. The van der Waals surface area contributed by atoms with Crippen molar-refractivity contribution in [1.29, 1.82) is 0 Å². The number of benzene rings is 10. The van der Waals surface area contributed by atoms with Crippen LogP contribution in [0.5, 0.6) is 11.5 Å². The van der Waals surface area contributed by atoms with Crippen molar-refractivity contribution >= 4 is 17.5 Å². The van der Waals surface area contributed by atoms with E-state index in [1.165, 1.54) is 193 Å². The van der Waals surface area contributed by atoms with E-state index in [9.17, 15) is 136 Å². The first-order valence-corrected chi connectivity index (χ1v) is 46.2. The highest BCUT2D eigenvalue weighted by Crippen LogP contribution is 2.64. The highest BCUT2D eigenvalue weighted by Gasteiger charge is 2.67. The molecular weight excluding hydrogens is 1990 g/mol. The maximum absolute atomic E-state index is 14.2. The van der Waals surface area contributed by atoms with E-state index in [1.807, 2.05) is 6.92 Å². The third kappa shape index (κ3) is 18.2. The van der Waals surface area contributed by atoms with E-state index in [0.29, 0.717) is 97.3 Å². The number of nitrogens with two attached hydrogens (primary N) is 1. The topological polar surface area (TPSA) is 415 Å². The number of rotatable bonds is 23. The first kappa shape index (κ1) is 108. The smallest absolute Gasteiger partial charge is 0.425 e. The predicted octanol–water partition coefficient (Wildman–Crippen LogP) is 16.6. The molecule has 0 aliphatic heterocycles. The van der Waals surface area contributed by atoms with Gasteiger partial charge < -0.3 is 76.2 Å². The molecule has 0 fully saturated rings. The van der Waals surface area contributed by atoms with Gasteiger partial charge in [-0.05, 0) is 155 Å². The van der Waals surface area contributed by atoms with Gasteiger partial charge in [0.1, 0.15) is 41.3 Å². The summed E-state index contributed by atoms with van der Waals surface area (Å²) in [6.45, 7) is 4.79. The molecule has 42 heteroatoms. The monoisotopic (exact) mass is 2090 g/mol. The molecule has 15 aromatic rings. The minimum absolute atomic E-state index is 0.00146. The zero-order valence-corrected chi connectivity index (χ0v) is 80.1. The van der Waals surface area contributed by atoms with Crippen molar-refractivity contribution in [3.63, 3.8) is 0 Å². The number of fused-ring (bicyclic) bond motifs is 15. The van der Waals surface area contributed by atoms with Gasteiger partial charge in [-0.25, -0.2) is 9.97 Å². The number of carbonyl (C=O) groups is 3. The van der Waals surface area contributed by atoms with Crippen molar-refractivity contribution in [2.45, 2.75) is 124 Å². The molecule has 0 saturated carbocycles. The van der Waals surface area contributed by atoms with Crippen LogP contribution in [0.25, 0.3) is 111 Å². The third-order valence-electron chi connectivity index (χ3n) is 27.2. The van der Waals surface area contributed by atoms with Gasteiger partial charge in [0.15, 0.2) is 5.78 Å². The number of aliphatic hydroxyl groups excluding tert-OH is 6. The van der Waals surface area contributed by atoms with Crippen molar-refractivity contribution < 1.29 is 146 Å². The molecule has 5 aliphatic rings. The van der Waals surface area contributed by atoms with Gasteiger partial charge in [-0.1, -0.05) is 157 Å². The zero-order chi connectivity index (χ0) is 109. The number of hydrogen-bond acceptors (Lipinski definition) is 22. The number of alkyl halides is 15. The van der Waals surface area contributed by atoms with Gasteiger partial charge in [-0.2, -0.15) is 86.3 Å². The van der Waals surface area contributed by atoms with Crippen molar-refractivity contribution in [1.82, 2.24) is 49.1 Å². The van der Waals surface area contributed by atoms with Gasteiger partial charge >= 0.3 is 30.9 Å². The molecule has 27 nitrogen and oxygen atoms in total. The van der Waals surface area contributed by atoms with Crippen molar-refractivity contribution in [2.24, 2.45) is 12.8 Å². The number of hydrogen-bond donors (Lipinski definition) is 12. The van der Waals surface area contributed by atoms with Crippen molar-refractivity contribution in [2.75, 3.05) is 52.9 Å². The van der Waals surface area contributed by atoms with E-state index in [-0.39, 0.29) is 136 Å². The number of halogens is 15. The summed E-state index contributed by atoms with van der Waals surface area (Å²) in [6, 6.07) is 43.4. The van der Waals surface area contributed by atoms with Gasteiger partial charge in [-0.3, -0.25) is 28.3 Å². The first-order chi connectivity index (χ1) is 70.8. The van der Waals surface area contributed by atoms with Gasteiger partial charge in [0.25, 0.3) is 0 Å². The van der Waals surface area contributed by atoms with Crippen LogP contribution < -0.4 is 15.2 Å². The zero-order valence-electron chi connectivity index (χ0n) is 80.1. The lowest BCUT2D eigenvalue weighted by atomic mass is 9.88. The van der Waals surface area contributed by atoms with Crippen LogP contribution in [0.15, 0.2) is 250 Å². The molecule has 13 N–H and O–H groups in total. The number of ketones is 2. The number of aromatic nitrogens is 10. The van der Waals surface area contributed by atoms with Crippen LogP contribution in [0.1, 0.15) is 111 Å². The molecule has 5 aliphatic carbocycles. The predicted molar refractivity (Wildman–Crippen MR) is 515 cm³/mol. The standard InChI is InChI=1S/C23H19F3N2O3.2C22H21F3N2O4.C21H17F3N2O3.C20H16F3N3O2/c1-14(29)5-4-8-31-16-9-18(15-11-27-13-28-12-15)21-17-6-2-3-7-19(17)22(30,20(21)10-16)23(24,25)26;2*1-13-6-16(14-8-26-27(9-14)20(10-28,11-29)12-30)19-15-4-2-3-5-17(15)21(31,18(19)7-13)22(23,24)25;1-12(27)11-29-14-7-16(13-9-25-26(2)10-13)19-15-5-3-4-6-17(15)20(28,18(19)8-14)21(22,23)24;1-2-26-10-12(9-25-26)11-7-14(18(24)27)17-13-5-3-4-6-15(13)19(28,16(17)8-11)20(21,22)23/h2-3,6-7,9-13,30H,4-5,8H2,1H3;2*2-9,28-31H,10-12H2,1H3;3-10,28H,11H2,1-2H3;3-10,28H,2H2,1H3,(H2,24,27). The van der Waals surface area contributed by atoms with E-state index >= 15 is 0 Å². The van der Waals surface area contributed by atoms with Crippen LogP contribution in [-0.4, -0.2) is 206 Å². The van der Waals surface area contributed by atoms with Crippen LogP contribution in [0.3, 0.4) is 0 Å². The quantitative estimate of drug-likeness (QED) is 0.0209. The highest BCUT2D eigenvalue weighted by atomic mass is 19.4. The molecule has 150 heavy (non-hydrogen) atoms. The van der Waals surface area contributed by atoms with Gasteiger partial charge in [0, 0.05) is 152 Å². The number of aryl methyl sites for hydroxylation is 4. The lowest BCUT2D eigenvalue weighted by molar-refractivity contribution is -0.247. The molecule has 5 atom stereocenters. The minimum atomic E-state index is -4.99. The number of amides is 1. The van der Waals surface area contributed by atoms with Crippen LogP contribution in [0, 0.1) is 13.8 Å². The Hall–Kier alpha value is -15.0. The summed E-state index contributed by atoms with van der Waals surface area (Å²) < 4.78 is 228. The SMILES string of the molecule is CC(=O)CCCOc1cc(-c2cncnc2)c2c(c1)C(O)(C(F)(F)F)c1ccccc1-2.CC(=O)COc1cc(-c2cnn(C)c2)c2c(c1)C(O)(C(F)(F)F)c1ccccc1-2.CCn1cc(-c2cc(C(N)=O)c3c(c2)C(O)(C(F)(F)F)c2ccccc2-3)cn1.Cc1cc(-c2cnn(C(CO)(CO)CO)c2)c2c(c1)C(O)(C(F)(F)F)c1ccccc1-2.Cc1cc(-c2cnn(C(CO)(CO)CO)c2)c2c(c1)C(O)(C(F)(F)F)c1ccccc1-2. The third-order valence-corrected chi connectivity index (χ3v) is 27.2. The number of ether oxygens (including phenoxy) is 2. The molecule has 0 bridgehead atoms. The number of aliphatic hydroxyl groups is 11. The van der Waals surface area contributed by atoms with Crippen LogP contribution in [0.2, 0.25) is 0 Å². The lowest BCUT2D eigenvalue weighted by Gasteiger charge is -2.28. The number of carbonyl (C=O) groups excluding carboxylic acids is 3.